The van der Waals surface area contributed by atoms with Crippen molar-refractivity contribution >= 4 is 5.65 Å². The van der Waals surface area contributed by atoms with Gasteiger partial charge in [0.15, 0.2) is 5.65 Å². The summed E-state index contributed by atoms with van der Waals surface area (Å²) in [5, 5.41) is 3.99. The third-order valence-electron chi connectivity index (χ3n) is 1.42. The third kappa shape index (κ3) is 4.58. The van der Waals surface area contributed by atoms with Crippen LogP contribution in [0, 0.1) is 6.92 Å². The highest BCUT2D eigenvalue weighted by atomic mass is 15.3. The zero-order valence-corrected chi connectivity index (χ0v) is 10.4. The van der Waals surface area contributed by atoms with Crippen molar-refractivity contribution in [2.75, 3.05) is 0 Å². The lowest BCUT2D eigenvalue weighted by Gasteiger charge is -1.91. The Balaban J connectivity index is 0.000000342. The van der Waals surface area contributed by atoms with Crippen LogP contribution in [0.15, 0.2) is 24.7 Å². The molecule has 2 heterocycles. The normalized spacial score (nSPS) is 8.60. The molecule has 2 aromatic heterocycles. The fraction of sp³-hybridized carbons (Fsp3) is 0.500. The molecule has 0 aliphatic heterocycles. The van der Waals surface area contributed by atoms with Crippen LogP contribution in [-0.4, -0.2) is 14.6 Å². The lowest BCUT2D eigenvalue weighted by molar-refractivity contribution is 0.952. The maximum atomic E-state index is 4.01. The zero-order chi connectivity index (χ0) is 11.7. The van der Waals surface area contributed by atoms with Crippen molar-refractivity contribution in [2.45, 2.75) is 41.0 Å². The Morgan fingerprint density at radius 1 is 1.20 bits per heavy atom. The van der Waals surface area contributed by atoms with E-state index in [4.69, 9.17) is 0 Å². The maximum Gasteiger partial charge on any atom is 0.155 e. The molecule has 0 atom stereocenters. The quantitative estimate of drug-likeness (QED) is 0.662. The SMILES string of the molecule is CC.CCC.Cc1ccc2ncnn2c1. The van der Waals surface area contributed by atoms with E-state index in [9.17, 15) is 0 Å². The van der Waals surface area contributed by atoms with Gasteiger partial charge in [-0.25, -0.2) is 9.50 Å². The monoisotopic (exact) mass is 207 g/mol. The molecule has 2 aromatic rings. The summed E-state index contributed by atoms with van der Waals surface area (Å²) in [5.74, 6) is 0. The van der Waals surface area contributed by atoms with E-state index in [1.807, 2.05) is 39.1 Å². The van der Waals surface area contributed by atoms with Crippen LogP contribution < -0.4 is 0 Å². The first-order valence-corrected chi connectivity index (χ1v) is 5.54. The Hall–Kier alpha value is -1.38. The Morgan fingerprint density at radius 2 is 1.80 bits per heavy atom. The van der Waals surface area contributed by atoms with Gasteiger partial charge in [-0.3, -0.25) is 0 Å². The van der Waals surface area contributed by atoms with E-state index in [0.29, 0.717) is 0 Å². The summed E-state index contributed by atoms with van der Waals surface area (Å²) in [6, 6.07) is 3.96. The third-order valence-corrected chi connectivity index (χ3v) is 1.42. The summed E-state index contributed by atoms with van der Waals surface area (Å²) in [6.07, 6.45) is 4.75. The average molecular weight is 207 g/mol. The Morgan fingerprint density at radius 3 is 2.40 bits per heavy atom. The van der Waals surface area contributed by atoms with Gasteiger partial charge in [0.05, 0.1) is 0 Å². The summed E-state index contributed by atoms with van der Waals surface area (Å²) >= 11 is 0. The molecule has 0 amide bonds. The second kappa shape index (κ2) is 7.97. The van der Waals surface area contributed by atoms with Gasteiger partial charge in [-0.2, -0.15) is 5.10 Å². The van der Waals surface area contributed by atoms with E-state index in [2.05, 4.69) is 23.9 Å². The van der Waals surface area contributed by atoms with Crippen molar-refractivity contribution in [2.24, 2.45) is 0 Å². The van der Waals surface area contributed by atoms with Gasteiger partial charge in [0, 0.05) is 6.20 Å². The van der Waals surface area contributed by atoms with Crippen molar-refractivity contribution in [3.05, 3.63) is 30.2 Å². The van der Waals surface area contributed by atoms with Crippen molar-refractivity contribution in [3.8, 4) is 0 Å². The average Bonchev–Trinajstić information content (AvgIpc) is 2.69. The second-order valence-electron chi connectivity index (χ2n) is 2.98. The molecule has 0 radical (unpaired) electrons. The number of nitrogens with zero attached hydrogens (tertiary/aromatic N) is 3. The highest BCUT2D eigenvalue weighted by Gasteiger charge is 1.91. The first kappa shape index (κ1) is 13.6. The van der Waals surface area contributed by atoms with Gasteiger partial charge >= 0.3 is 0 Å². The van der Waals surface area contributed by atoms with Crippen LogP contribution in [-0.2, 0) is 0 Å². The number of hydrogen-bond donors (Lipinski definition) is 0. The first-order chi connectivity index (χ1) is 7.27. The van der Waals surface area contributed by atoms with E-state index >= 15 is 0 Å². The number of pyridine rings is 1. The van der Waals surface area contributed by atoms with Crippen molar-refractivity contribution in [3.63, 3.8) is 0 Å². The maximum absolute atomic E-state index is 4.01. The Kier molecular flexibility index (Phi) is 7.24. The molecule has 84 valence electrons. The fourth-order valence-electron chi connectivity index (χ4n) is 0.920. The van der Waals surface area contributed by atoms with Crippen LogP contribution >= 0.6 is 0 Å². The van der Waals surface area contributed by atoms with Gasteiger partial charge in [-0.1, -0.05) is 40.2 Å². The number of aromatic nitrogens is 3. The van der Waals surface area contributed by atoms with Crippen LogP contribution in [0.25, 0.3) is 5.65 Å². The molecule has 3 heteroatoms. The number of hydrogen-bond acceptors (Lipinski definition) is 2. The molecule has 0 N–H and O–H groups in total. The Labute approximate surface area is 92.2 Å². The predicted molar refractivity (Wildman–Crippen MR) is 65.0 cm³/mol. The fourth-order valence-corrected chi connectivity index (χ4v) is 0.920. The lowest BCUT2D eigenvalue weighted by atomic mass is 10.3. The molecule has 0 saturated heterocycles. The minimum atomic E-state index is 0.894. The molecule has 0 aromatic carbocycles. The predicted octanol–water partition coefficient (Wildman–Crippen LogP) is 3.48. The molecule has 0 bridgehead atoms. The lowest BCUT2D eigenvalue weighted by Crippen LogP contribution is -1.86. The highest BCUT2D eigenvalue weighted by Crippen LogP contribution is 1.99. The molecular formula is C12H21N3. The summed E-state index contributed by atoms with van der Waals surface area (Å²) in [6.45, 7) is 10.3. The van der Waals surface area contributed by atoms with Crippen LogP contribution in [0.5, 0.6) is 0 Å². The standard InChI is InChI=1S/C7H7N3.C3H8.C2H6/c1-6-2-3-7-8-5-9-10(7)4-6;1-3-2;1-2/h2-5H,1H3;3H2,1-2H3;1-2H3. The van der Waals surface area contributed by atoms with Crippen LogP contribution in [0.4, 0.5) is 0 Å². The molecule has 0 fully saturated rings. The summed E-state index contributed by atoms with van der Waals surface area (Å²) in [4.78, 5) is 4.01. The smallest absolute Gasteiger partial charge is 0.155 e. The van der Waals surface area contributed by atoms with Crippen molar-refractivity contribution in [1.82, 2.24) is 14.6 Å². The first-order valence-electron chi connectivity index (χ1n) is 5.54. The topological polar surface area (TPSA) is 30.2 Å². The van der Waals surface area contributed by atoms with E-state index in [1.54, 1.807) is 10.8 Å². The molecule has 0 aliphatic carbocycles. The van der Waals surface area contributed by atoms with E-state index in [-0.39, 0.29) is 0 Å². The van der Waals surface area contributed by atoms with E-state index < -0.39 is 0 Å². The van der Waals surface area contributed by atoms with Gasteiger partial charge in [0.2, 0.25) is 0 Å². The molecular weight excluding hydrogens is 186 g/mol. The van der Waals surface area contributed by atoms with Gasteiger partial charge < -0.3 is 0 Å². The molecule has 2 rings (SSSR count). The summed E-state index contributed by atoms with van der Waals surface area (Å²) in [7, 11) is 0. The van der Waals surface area contributed by atoms with E-state index in [0.717, 1.165) is 5.65 Å². The summed E-state index contributed by atoms with van der Waals surface area (Å²) < 4.78 is 1.76. The highest BCUT2D eigenvalue weighted by molar-refractivity contribution is 5.36. The second-order valence-corrected chi connectivity index (χ2v) is 2.98. The van der Waals surface area contributed by atoms with Crippen LogP contribution in [0.2, 0.25) is 0 Å². The zero-order valence-electron chi connectivity index (χ0n) is 10.4. The summed E-state index contributed by atoms with van der Waals surface area (Å²) in [5.41, 5.74) is 2.09. The van der Waals surface area contributed by atoms with Gasteiger partial charge in [-0.15, -0.1) is 0 Å². The minimum Gasteiger partial charge on any atom is -0.221 e. The number of rotatable bonds is 0. The Bertz CT molecular complexity index is 366. The number of aryl methyl sites for hydroxylation is 1. The largest absolute Gasteiger partial charge is 0.221 e. The van der Waals surface area contributed by atoms with Crippen molar-refractivity contribution in [1.29, 1.82) is 0 Å². The molecule has 0 aliphatic rings. The van der Waals surface area contributed by atoms with Gasteiger partial charge in [0.1, 0.15) is 6.33 Å². The molecule has 0 unspecified atom stereocenters. The molecule has 0 spiro atoms. The molecule has 3 nitrogen and oxygen atoms in total. The van der Waals surface area contributed by atoms with Gasteiger partial charge in [-0.05, 0) is 18.6 Å². The van der Waals surface area contributed by atoms with Crippen LogP contribution in [0.1, 0.15) is 39.7 Å². The van der Waals surface area contributed by atoms with Crippen molar-refractivity contribution < 1.29 is 0 Å². The van der Waals surface area contributed by atoms with Crippen LogP contribution in [0.3, 0.4) is 0 Å². The molecule has 0 saturated carbocycles. The number of fused-ring (bicyclic) bond motifs is 1. The van der Waals surface area contributed by atoms with E-state index in [1.165, 1.54) is 12.0 Å². The minimum absolute atomic E-state index is 0.894. The van der Waals surface area contributed by atoms with Gasteiger partial charge in [0.25, 0.3) is 0 Å². The molecule has 15 heavy (non-hydrogen) atoms.